The molecule has 5 rings (SSSR count). The topological polar surface area (TPSA) is 122 Å². The molecule has 0 aliphatic carbocycles. The van der Waals surface area contributed by atoms with Crippen LogP contribution in [0.1, 0.15) is 56.2 Å². The van der Waals surface area contributed by atoms with Gasteiger partial charge in [0.1, 0.15) is 33.7 Å². The van der Waals surface area contributed by atoms with E-state index >= 15 is 0 Å². The summed E-state index contributed by atoms with van der Waals surface area (Å²) >= 11 is 13.9. The molecule has 2 atom stereocenters. The van der Waals surface area contributed by atoms with Crippen LogP contribution in [0.15, 0.2) is 73.1 Å². The minimum Gasteiger partial charge on any atom is -0.619 e. The molecule has 16 heteroatoms. The monoisotopic (exact) mass is 807 g/mol. The van der Waals surface area contributed by atoms with Crippen LogP contribution >= 0.6 is 34.5 Å². The summed E-state index contributed by atoms with van der Waals surface area (Å²) in [6, 6.07) is 16.1. The summed E-state index contributed by atoms with van der Waals surface area (Å²) in [6.45, 7) is -0.382. The summed E-state index contributed by atoms with van der Waals surface area (Å²) in [6.07, 6.45) is 3.03. The molecule has 0 amide bonds. The third kappa shape index (κ3) is 11.7. The van der Waals surface area contributed by atoms with Gasteiger partial charge in [-0.2, -0.15) is 13.5 Å². The molecule has 2 aromatic heterocycles. The number of nitrogens with one attached hydrogen (secondary N) is 1. The number of rotatable bonds is 18. The van der Waals surface area contributed by atoms with Crippen LogP contribution in [0.4, 0.5) is 8.78 Å². The number of aromatic nitrogens is 1. The van der Waals surface area contributed by atoms with Crippen molar-refractivity contribution in [3.8, 4) is 11.5 Å². The van der Waals surface area contributed by atoms with Crippen molar-refractivity contribution in [2.45, 2.75) is 44.6 Å². The van der Waals surface area contributed by atoms with E-state index in [2.05, 4.69) is 22.0 Å². The number of alkyl halides is 2. The molecule has 11 nitrogen and oxygen atoms in total. The Morgan fingerprint density at radius 1 is 1.00 bits per heavy atom. The van der Waals surface area contributed by atoms with Crippen molar-refractivity contribution in [3.63, 3.8) is 0 Å². The van der Waals surface area contributed by atoms with Gasteiger partial charge in [-0.25, -0.2) is 9.59 Å². The summed E-state index contributed by atoms with van der Waals surface area (Å²) in [4.78, 5) is 30.3. The zero-order valence-electron chi connectivity index (χ0n) is 29.7. The van der Waals surface area contributed by atoms with E-state index in [0.717, 1.165) is 48.8 Å². The predicted molar refractivity (Wildman–Crippen MR) is 199 cm³/mol. The van der Waals surface area contributed by atoms with E-state index in [1.807, 2.05) is 30.3 Å². The van der Waals surface area contributed by atoms with Crippen LogP contribution in [0.25, 0.3) is 0 Å². The van der Waals surface area contributed by atoms with Crippen LogP contribution in [0.3, 0.4) is 0 Å². The molecule has 54 heavy (non-hydrogen) atoms. The number of hydrogen-bond acceptors (Lipinski definition) is 11. The van der Waals surface area contributed by atoms with Gasteiger partial charge in [-0.05, 0) is 74.3 Å². The van der Waals surface area contributed by atoms with E-state index in [1.54, 1.807) is 12.1 Å². The summed E-state index contributed by atoms with van der Waals surface area (Å²) < 4.78 is 54.0. The van der Waals surface area contributed by atoms with Crippen molar-refractivity contribution < 1.29 is 46.8 Å². The first-order valence-corrected chi connectivity index (χ1v) is 18.8. The number of nitrogens with zero attached hydrogens (tertiary/aromatic N) is 2. The van der Waals surface area contributed by atoms with Crippen LogP contribution in [0.5, 0.6) is 11.5 Å². The molecule has 4 aromatic rings. The number of thiophene rings is 1. The van der Waals surface area contributed by atoms with E-state index in [1.165, 1.54) is 36.6 Å². The molecular formula is C38H41Cl2F2N3O8S. The van der Waals surface area contributed by atoms with Gasteiger partial charge >= 0.3 is 18.6 Å². The van der Waals surface area contributed by atoms with Crippen LogP contribution in [-0.2, 0) is 32.0 Å². The van der Waals surface area contributed by atoms with E-state index in [-0.39, 0.29) is 58.6 Å². The standard InChI is InChI=1S/C38H41Cl2F2N3O8S/c1-44-14-12-24(13-15-44)23-51-37(47)35(25-6-4-3-5-7-25)43-20-27-9-11-34(54-27)36(46)52-32(19-28-29(39)21-45(48)22-30(28)40)26-8-10-31(53-38(41)42)33(18-26)50-17-16-49-2/h3-11,18,21-22,24,32,35,38,43H,12-17,19-20,23H2,1-2H3. The lowest BCUT2D eigenvalue weighted by molar-refractivity contribution is -0.605. The second-order valence-electron chi connectivity index (χ2n) is 12.7. The predicted octanol–water partition coefficient (Wildman–Crippen LogP) is 7.17. The molecule has 0 saturated carbocycles. The molecule has 1 aliphatic rings. The van der Waals surface area contributed by atoms with Crippen molar-refractivity contribution >= 4 is 46.5 Å². The molecule has 1 fully saturated rings. The Balaban J connectivity index is 1.33. The van der Waals surface area contributed by atoms with Gasteiger partial charge in [0.25, 0.3) is 0 Å². The first-order valence-electron chi connectivity index (χ1n) is 17.2. The highest BCUT2D eigenvalue weighted by atomic mass is 35.5. The highest BCUT2D eigenvalue weighted by Crippen LogP contribution is 2.37. The van der Waals surface area contributed by atoms with Gasteiger partial charge in [0, 0.05) is 30.5 Å². The summed E-state index contributed by atoms with van der Waals surface area (Å²) in [5, 5.41) is 15.3. The molecule has 0 bridgehead atoms. The Morgan fingerprint density at radius 2 is 1.72 bits per heavy atom. The molecule has 2 aromatic carbocycles. The Kier molecular flexibility index (Phi) is 15.3. The number of hydrogen-bond donors (Lipinski definition) is 1. The van der Waals surface area contributed by atoms with Crippen LogP contribution in [0, 0.1) is 11.1 Å². The molecule has 2 unspecified atom stereocenters. The van der Waals surface area contributed by atoms with Gasteiger partial charge in [-0.1, -0.05) is 59.6 Å². The molecule has 1 N–H and O–H groups in total. The molecule has 1 saturated heterocycles. The number of ether oxygens (including phenoxy) is 5. The lowest BCUT2D eigenvalue weighted by Gasteiger charge is -2.29. The SMILES string of the molecule is COCCOc1cc(C(Cc2c(Cl)c[n+]([O-])cc2Cl)OC(=O)c2ccc(CNC(C(=O)OCC3CCN(C)CC3)c3ccccc3)s2)ccc1OC(F)F. The smallest absolute Gasteiger partial charge is 0.387 e. The first-order chi connectivity index (χ1) is 26.0. The maximum atomic E-state index is 13.7. The summed E-state index contributed by atoms with van der Waals surface area (Å²) in [5.41, 5.74) is 1.43. The number of pyridine rings is 1. The fraction of sp³-hybridized carbons (Fsp3) is 0.395. The number of methoxy groups -OCH3 is 1. The molecular weight excluding hydrogens is 767 g/mol. The minimum atomic E-state index is -3.12. The van der Waals surface area contributed by atoms with Crippen molar-refractivity contribution in [2.75, 3.05) is 47.1 Å². The fourth-order valence-corrected chi connectivity index (χ4v) is 7.31. The van der Waals surface area contributed by atoms with Crippen molar-refractivity contribution in [2.24, 2.45) is 5.92 Å². The number of halogens is 4. The third-order valence-corrected chi connectivity index (χ3v) is 10.5. The van der Waals surface area contributed by atoms with E-state index in [9.17, 15) is 23.6 Å². The van der Waals surface area contributed by atoms with Crippen LogP contribution in [0.2, 0.25) is 10.0 Å². The van der Waals surface area contributed by atoms with Gasteiger partial charge in [-0.15, -0.1) is 11.3 Å². The average molecular weight is 809 g/mol. The molecule has 290 valence electrons. The normalized spacial score (nSPS) is 14.8. The number of likely N-dealkylation sites (tertiary alicyclic amines) is 1. The first kappa shape index (κ1) is 41.1. The Hall–Kier alpha value is -4.05. The highest BCUT2D eigenvalue weighted by molar-refractivity contribution is 7.13. The molecule has 0 spiro atoms. The lowest BCUT2D eigenvalue weighted by Crippen LogP contribution is -2.34. The van der Waals surface area contributed by atoms with Crippen molar-refractivity contribution in [1.82, 2.24) is 10.2 Å². The number of benzene rings is 2. The van der Waals surface area contributed by atoms with Gasteiger partial charge in [0.2, 0.25) is 0 Å². The second kappa shape index (κ2) is 20.0. The largest absolute Gasteiger partial charge is 0.619 e. The Morgan fingerprint density at radius 3 is 2.41 bits per heavy atom. The summed E-state index contributed by atoms with van der Waals surface area (Å²) in [5.74, 6) is -1.02. The maximum absolute atomic E-state index is 13.7. The Bertz CT molecular complexity index is 1820. The Labute approximate surface area is 326 Å². The van der Waals surface area contributed by atoms with Crippen molar-refractivity contribution in [1.29, 1.82) is 0 Å². The number of piperidine rings is 1. The third-order valence-electron chi connectivity index (χ3n) is 8.81. The molecule has 0 radical (unpaired) electrons. The van der Waals surface area contributed by atoms with Crippen molar-refractivity contribution in [3.05, 3.63) is 115 Å². The van der Waals surface area contributed by atoms with E-state index in [0.29, 0.717) is 28.4 Å². The van der Waals surface area contributed by atoms with Crippen LogP contribution < -0.4 is 19.5 Å². The average Bonchev–Trinajstić information content (AvgIpc) is 3.63. The van der Waals surface area contributed by atoms with Gasteiger partial charge in [0.15, 0.2) is 23.9 Å². The zero-order valence-corrected chi connectivity index (χ0v) is 32.0. The molecule has 1 aliphatic heterocycles. The summed E-state index contributed by atoms with van der Waals surface area (Å²) in [7, 11) is 3.54. The lowest BCUT2D eigenvalue weighted by atomic mass is 9.98. The van der Waals surface area contributed by atoms with Crippen LogP contribution in [-0.4, -0.2) is 70.5 Å². The number of esters is 2. The van der Waals surface area contributed by atoms with E-state index in [4.69, 9.17) is 42.1 Å². The zero-order chi connectivity index (χ0) is 38.6. The van der Waals surface area contributed by atoms with Gasteiger partial charge in [0.05, 0.1) is 13.2 Å². The quantitative estimate of drug-likeness (QED) is 0.0479. The van der Waals surface area contributed by atoms with E-state index < -0.39 is 24.7 Å². The number of carbonyl (C=O) groups is 2. The molecule has 3 heterocycles. The maximum Gasteiger partial charge on any atom is 0.387 e. The fourth-order valence-electron chi connectivity index (χ4n) is 5.87. The number of carbonyl (C=O) groups excluding carboxylic acids is 2. The van der Waals surface area contributed by atoms with Gasteiger partial charge < -0.3 is 33.8 Å². The highest BCUT2D eigenvalue weighted by Gasteiger charge is 2.27. The second-order valence-corrected chi connectivity index (χ2v) is 14.7. The minimum absolute atomic E-state index is 0.0248. The van der Waals surface area contributed by atoms with Gasteiger partial charge in [-0.3, -0.25) is 5.32 Å².